The first kappa shape index (κ1) is 15.0. The minimum absolute atomic E-state index is 0.605. The van der Waals surface area contributed by atoms with Crippen LogP contribution in [-0.2, 0) is 19.4 Å². The van der Waals surface area contributed by atoms with Crippen LogP contribution < -0.4 is 5.32 Å². The summed E-state index contributed by atoms with van der Waals surface area (Å²) in [7, 11) is 0. The average molecular weight is 287 g/mol. The Bertz CT molecular complexity index is 462. The molecule has 1 aliphatic carbocycles. The van der Waals surface area contributed by atoms with Crippen molar-refractivity contribution in [2.75, 3.05) is 6.54 Å². The van der Waals surface area contributed by atoms with Crippen LogP contribution in [0.4, 0.5) is 0 Å². The van der Waals surface area contributed by atoms with E-state index in [0.717, 1.165) is 31.8 Å². The summed E-state index contributed by atoms with van der Waals surface area (Å²) in [6.07, 6.45) is 12.9. The van der Waals surface area contributed by atoms with Gasteiger partial charge in [0.1, 0.15) is 5.82 Å². The third-order valence-electron chi connectivity index (χ3n) is 5.00. The number of rotatable bonds is 3. The van der Waals surface area contributed by atoms with Gasteiger partial charge in [-0.1, -0.05) is 45.4 Å². The minimum Gasteiger partial charge on any atom is -0.311 e. The van der Waals surface area contributed by atoms with E-state index in [-0.39, 0.29) is 0 Å². The van der Waals surface area contributed by atoms with E-state index in [1.807, 2.05) is 0 Å². The quantitative estimate of drug-likeness (QED) is 0.916. The number of aromatic nitrogens is 2. The monoisotopic (exact) mass is 287 g/mol. The van der Waals surface area contributed by atoms with Gasteiger partial charge in [0.25, 0.3) is 0 Å². The first-order valence-electron chi connectivity index (χ1n) is 8.97. The summed E-state index contributed by atoms with van der Waals surface area (Å²) in [5, 5.41) is 3.47. The summed E-state index contributed by atoms with van der Waals surface area (Å²) < 4.78 is 0. The van der Waals surface area contributed by atoms with Crippen LogP contribution in [0.25, 0.3) is 0 Å². The molecule has 3 heteroatoms. The van der Waals surface area contributed by atoms with Crippen LogP contribution in [0.2, 0.25) is 0 Å². The van der Waals surface area contributed by atoms with Gasteiger partial charge in [-0.3, -0.25) is 0 Å². The lowest BCUT2D eigenvalue weighted by Gasteiger charge is -2.24. The molecule has 2 aliphatic rings. The van der Waals surface area contributed by atoms with E-state index in [9.17, 15) is 0 Å². The fourth-order valence-corrected chi connectivity index (χ4v) is 3.80. The highest BCUT2D eigenvalue weighted by Gasteiger charge is 2.22. The third-order valence-corrected chi connectivity index (χ3v) is 5.00. The summed E-state index contributed by atoms with van der Waals surface area (Å²) in [5.41, 5.74) is 4.09. The number of aryl methyl sites for hydroxylation is 1. The van der Waals surface area contributed by atoms with E-state index in [0.29, 0.717) is 5.92 Å². The molecule has 0 amide bonds. The van der Waals surface area contributed by atoms with Crippen molar-refractivity contribution in [2.45, 2.75) is 83.6 Å². The van der Waals surface area contributed by atoms with Gasteiger partial charge in [0.2, 0.25) is 0 Å². The summed E-state index contributed by atoms with van der Waals surface area (Å²) >= 11 is 0. The van der Waals surface area contributed by atoms with Crippen molar-refractivity contribution in [3.63, 3.8) is 0 Å². The van der Waals surface area contributed by atoms with Crippen molar-refractivity contribution < 1.29 is 0 Å². The highest BCUT2D eigenvalue weighted by Crippen LogP contribution is 2.30. The van der Waals surface area contributed by atoms with Crippen molar-refractivity contribution in [1.29, 1.82) is 0 Å². The number of hydrogen-bond donors (Lipinski definition) is 1. The van der Waals surface area contributed by atoms with Crippen molar-refractivity contribution in [3.05, 3.63) is 22.8 Å². The predicted octanol–water partition coefficient (Wildman–Crippen LogP) is 3.90. The van der Waals surface area contributed by atoms with Crippen molar-refractivity contribution in [3.8, 4) is 0 Å². The smallest absolute Gasteiger partial charge is 0.132 e. The molecule has 1 aromatic heterocycles. The molecule has 0 aromatic carbocycles. The lowest BCUT2D eigenvalue weighted by Crippen LogP contribution is -2.27. The summed E-state index contributed by atoms with van der Waals surface area (Å²) in [5.74, 6) is 1.76. The van der Waals surface area contributed by atoms with E-state index >= 15 is 0 Å². The van der Waals surface area contributed by atoms with Crippen molar-refractivity contribution in [2.24, 2.45) is 0 Å². The van der Waals surface area contributed by atoms with Crippen LogP contribution >= 0.6 is 0 Å². The molecule has 1 aromatic rings. The third kappa shape index (κ3) is 3.63. The van der Waals surface area contributed by atoms with Gasteiger partial charge >= 0.3 is 0 Å². The highest BCUT2D eigenvalue weighted by atomic mass is 15.0. The average Bonchev–Trinajstić information content (AvgIpc) is 2.47. The second-order valence-electron chi connectivity index (χ2n) is 6.67. The molecule has 0 saturated heterocycles. The van der Waals surface area contributed by atoms with Crippen LogP contribution in [0, 0.1) is 0 Å². The lowest BCUT2D eigenvalue weighted by molar-refractivity contribution is 0.438. The maximum atomic E-state index is 5.03. The van der Waals surface area contributed by atoms with Gasteiger partial charge in [-0.2, -0.15) is 0 Å². The Morgan fingerprint density at radius 3 is 2.57 bits per heavy atom. The normalized spacial score (nSPS) is 20.6. The number of hydrogen-bond acceptors (Lipinski definition) is 3. The molecule has 116 valence electrons. The van der Waals surface area contributed by atoms with Crippen LogP contribution in [0.15, 0.2) is 0 Å². The second-order valence-corrected chi connectivity index (χ2v) is 6.67. The van der Waals surface area contributed by atoms with E-state index in [4.69, 9.17) is 9.97 Å². The summed E-state index contributed by atoms with van der Waals surface area (Å²) in [6, 6.07) is 0. The molecule has 0 spiro atoms. The maximum Gasteiger partial charge on any atom is 0.132 e. The number of fused-ring (bicyclic) bond motifs is 1. The van der Waals surface area contributed by atoms with Gasteiger partial charge in [-0.25, -0.2) is 9.97 Å². The fourth-order valence-electron chi connectivity index (χ4n) is 3.80. The molecule has 1 aliphatic heterocycles. The number of nitrogens with one attached hydrogen (secondary N) is 1. The van der Waals surface area contributed by atoms with Crippen molar-refractivity contribution >= 4 is 0 Å². The molecule has 0 radical (unpaired) electrons. The Labute approximate surface area is 129 Å². The molecular formula is C18H29N3. The topological polar surface area (TPSA) is 37.8 Å². The first-order valence-corrected chi connectivity index (χ1v) is 8.97. The van der Waals surface area contributed by atoms with Gasteiger partial charge in [-0.05, 0) is 37.8 Å². The number of nitrogens with zero attached hydrogens (tertiary/aromatic N) is 2. The van der Waals surface area contributed by atoms with E-state index in [1.165, 1.54) is 68.3 Å². The predicted molar refractivity (Wildman–Crippen MR) is 86.5 cm³/mol. The Kier molecular flexibility index (Phi) is 5.23. The Balaban J connectivity index is 1.88. The van der Waals surface area contributed by atoms with Crippen LogP contribution in [0.5, 0.6) is 0 Å². The standard InChI is InChI=1S/C18H29N3/c1-2-8-16-15-11-12-19-13-17(15)21-18(20-16)14-9-6-4-3-5-7-10-14/h14,19H,2-13H2,1H3. The van der Waals surface area contributed by atoms with Crippen LogP contribution in [0.3, 0.4) is 0 Å². The zero-order chi connectivity index (χ0) is 14.5. The minimum atomic E-state index is 0.605. The van der Waals surface area contributed by atoms with Gasteiger partial charge in [0, 0.05) is 18.2 Å². The van der Waals surface area contributed by atoms with Crippen LogP contribution in [-0.4, -0.2) is 16.5 Å². The zero-order valence-corrected chi connectivity index (χ0v) is 13.5. The van der Waals surface area contributed by atoms with E-state index < -0.39 is 0 Å². The molecular weight excluding hydrogens is 258 g/mol. The van der Waals surface area contributed by atoms with E-state index in [1.54, 1.807) is 0 Å². The fraction of sp³-hybridized carbons (Fsp3) is 0.778. The molecule has 0 unspecified atom stereocenters. The molecule has 2 heterocycles. The molecule has 0 atom stereocenters. The zero-order valence-electron chi connectivity index (χ0n) is 13.5. The summed E-state index contributed by atoms with van der Waals surface area (Å²) in [4.78, 5) is 10.0. The second kappa shape index (κ2) is 7.35. The van der Waals surface area contributed by atoms with Gasteiger partial charge < -0.3 is 5.32 Å². The largest absolute Gasteiger partial charge is 0.311 e. The van der Waals surface area contributed by atoms with Crippen molar-refractivity contribution in [1.82, 2.24) is 15.3 Å². The van der Waals surface area contributed by atoms with Gasteiger partial charge in [-0.15, -0.1) is 0 Å². The van der Waals surface area contributed by atoms with Crippen LogP contribution in [0.1, 0.15) is 87.0 Å². The van der Waals surface area contributed by atoms with Gasteiger partial charge in [0.15, 0.2) is 0 Å². The molecule has 1 N–H and O–H groups in total. The molecule has 21 heavy (non-hydrogen) atoms. The Morgan fingerprint density at radius 2 is 1.81 bits per heavy atom. The van der Waals surface area contributed by atoms with Gasteiger partial charge in [0.05, 0.1) is 5.69 Å². The molecule has 3 rings (SSSR count). The molecule has 0 bridgehead atoms. The maximum absolute atomic E-state index is 5.03. The summed E-state index contributed by atoms with van der Waals surface area (Å²) in [6.45, 7) is 4.27. The SMILES string of the molecule is CCCc1nc(C2CCCCCCC2)nc2c1CCNC2. The molecule has 1 fully saturated rings. The molecule has 3 nitrogen and oxygen atoms in total. The lowest BCUT2D eigenvalue weighted by atomic mass is 9.90. The Hall–Kier alpha value is -0.960. The van der Waals surface area contributed by atoms with E-state index in [2.05, 4.69) is 12.2 Å². The molecule has 1 saturated carbocycles. The highest BCUT2D eigenvalue weighted by molar-refractivity contribution is 5.29. The Morgan fingerprint density at radius 1 is 1.05 bits per heavy atom. The first-order chi connectivity index (χ1) is 10.4.